The van der Waals surface area contributed by atoms with Gasteiger partial charge >= 0.3 is 0 Å². The summed E-state index contributed by atoms with van der Waals surface area (Å²) in [5.74, 6) is 0.199. The summed E-state index contributed by atoms with van der Waals surface area (Å²) in [6, 6.07) is 8.46. The minimum Gasteiger partial charge on any atom is -0.324 e. The Kier molecular flexibility index (Phi) is 4.80. The second-order valence-electron chi connectivity index (χ2n) is 5.28. The number of anilines is 2. The summed E-state index contributed by atoms with van der Waals surface area (Å²) in [6.07, 6.45) is -1.18. The van der Waals surface area contributed by atoms with Crippen molar-refractivity contribution in [3.05, 3.63) is 52.8 Å². The van der Waals surface area contributed by atoms with Crippen molar-refractivity contribution in [2.24, 2.45) is 0 Å². The molecule has 5 nitrogen and oxygen atoms in total. The second kappa shape index (κ2) is 7.02. The fraction of sp³-hybridized carbons (Fsp3) is 0.176. The molecule has 0 radical (unpaired) electrons. The Morgan fingerprint density at radius 1 is 1.24 bits per heavy atom. The highest BCUT2D eigenvalue weighted by atomic mass is 32.1. The van der Waals surface area contributed by atoms with E-state index in [4.69, 9.17) is 0 Å². The lowest BCUT2D eigenvalue weighted by Gasteiger charge is -2.07. The van der Waals surface area contributed by atoms with Crippen molar-refractivity contribution in [1.29, 1.82) is 0 Å². The molecule has 25 heavy (non-hydrogen) atoms. The van der Waals surface area contributed by atoms with Gasteiger partial charge in [-0.25, -0.2) is 23.7 Å². The Morgan fingerprint density at radius 2 is 2.04 bits per heavy atom. The molecule has 128 valence electrons. The second-order valence-corrected chi connectivity index (χ2v) is 6.48. The first kappa shape index (κ1) is 17.1. The summed E-state index contributed by atoms with van der Waals surface area (Å²) in [5, 5.41) is 3.54. The van der Waals surface area contributed by atoms with E-state index in [-0.39, 0.29) is 17.4 Å². The Morgan fingerprint density at radius 3 is 2.76 bits per heavy atom. The monoisotopic (exact) mass is 360 g/mol. The molecule has 0 aliphatic heterocycles. The van der Waals surface area contributed by atoms with E-state index in [2.05, 4.69) is 20.3 Å². The third-order valence-corrected chi connectivity index (χ3v) is 4.39. The zero-order chi connectivity index (χ0) is 18.0. The molecule has 1 N–H and O–H groups in total. The van der Waals surface area contributed by atoms with Gasteiger partial charge in [0.25, 0.3) is 6.43 Å². The van der Waals surface area contributed by atoms with E-state index >= 15 is 0 Å². The molecule has 0 atom stereocenters. The number of carbonyl (C=O) groups excluding carboxylic acids is 1. The number of aromatic nitrogens is 3. The number of hydrogen-bond donors (Lipinski definition) is 1. The first-order chi connectivity index (χ1) is 11.9. The molecule has 2 heterocycles. The van der Waals surface area contributed by atoms with Crippen molar-refractivity contribution < 1.29 is 13.6 Å². The van der Waals surface area contributed by atoms with Crippen LogP contribution < -0.4 is 5.32 Å². The van der Waals surface area contributed by atoms with Crippen LogP contribution in [0.5, 0.6) is 0 Å². The molecule has 0 saturated heterocycles. The average molecular weight is 360 g/mol. The van der Waals surface area contributed by atoms with Crippen LogP contribution in [0.3, 0.4) is 0 Å². The normalized spacial score (nSPS) is 10.9. The summed E-state index contributed by atoms with van der Waals surface area (Å²) in [5.41, 5.74) is 1.30. The molecule has 0 bridgehead atoms. The molecule has 0 amide bonds. The lowest BCUT2D eigenvalue weighted by atomic mass is 10.1. The number of benzene rings is 1. The van der Waals surface area contributed by atoms with Crippen molar-refractivity contribution in [3.8, 4) is 10.6 Å². The summed E-state index contributed by atoms with van der Waals surface area (Å²) >= 11 is 1.16. The molecular formula is C17H14F2N4OS. The summed E-state index contributed by atoms with van der Waals surface area (Å²) in [4.78, 5) is 24.1. The smallest absolute Gasteiger partial charge is 0.281 e. The quantitative estimate of drug-likeness (QED) is 0.663. The van der Waals surface area contributed by atoms with Crippen LogP contribution in [0.25, 0.3) is 10.6 Å². The van der Waals surface area contributed by atoms with Crippen LogP contribution >= 0.6 is 11.3 Å². The first-order valence-electron chi connectivity index (χ1n) is 7.41. The van der Waals surface area contributed by atoms with Crippen LogP contribution in [0.4, 0.5) is 20.4 Å². The van der Waals surface area contributed by atoms with Gasteiger partial charge in [-0.05, 0) is 32.0 Å². The van der Waals surface area contributed by atoms with Gasteiger partial charge in [0.2, 0.25) is 5.95 Å². The van der Waals surface area contributed by atoms with Gasteiger partial charge in [0.15, 0.2) is 5.78 Å². The van der Waals surface area contributed by atoms with Gasteiger partial charge < -0.3 is 5.32 Å². The van der Waals surface area contributed by atoms with Crippen molar-refractivity contribution in [3.63, 3.8) is 0 Å². The van der Waals surface area contributed by atoms with Crippen LogP contribution in [-0.4, -0.2) is 20.7 Å². The molecule has 0 aliphatic carbocycles. The third-order valence-electron chi connectivity index (χ3n) is 3.38. The molecule has 8 heteroatoms. The van der Waals surface area contributed by atoms with Crippen LogP contribution in [0.1, 0.15) is 34.4 Å². The molecular weight excluding hydrogens is 346 g/mol. The predicted molar refractivity (Wildman–Crippen MR) is 92.6 cm³/mol. The minimum atomic E-state index is -2.67. The van der Waals surface area contributed by atoms with Crippen molar-refractivity contribution in [1.82, 2.24) is 15.0 Å². The highest BCUT2D eigenvalue weighted by molar-refractivity contribution is 7.15. The fourth-order valence-electron chi connectivity index (χ4n) is 2.27. The number of thiazole rings is 1. The van der Waals surface area contributed by atoms with Gasteiger partial charge in [0.05, 0.1) is 15.6 Å². The van der Waals surface area contributed by atoms with Gasteiger partial charge in [-0.3, -0.25) is 4.79 Å². The number of ketones is 1. The Hall–Kier alpha value is -2.74. The molecule has 2 aromatic heterocycles. The van der Waals surface area contributed by atoms with Gasteiger partial charge in [-0.15, -0.1) is 11.3 Å². The lowest BCUT2D eigenvalue weighted by molar-refractivity contribution is 0.101. The van der Waals surface area contributed by atoms with Crippen molar-refractivity contribution in [2.45, 2.75) is 20.3 Å². The van der Waals surface area contributed by atoms with Crippen molar-refractivity contribution >= 4 is 28.8 Å². The number of hydrogen-bond acceptors (Lipinski definition) is 6. The third kappa shape index (κ3) is 3.85. The summed E-state index contributed by atoms with van der Waals surface area (Å²) < 4.78 is 26.3. The van der Waals surface area contributed by atoms with Crippen LogP contribution in [0.2, 0.25) is 0 Å². The standard InChI is InChI=1S/C17H14F2N4OS/c1-9(24)11-4-3-5-12(8-11)22-17-20-7-6-13(23-17)15-14(16(18)19)21-10(2)25-15/h3-8,16H,1-2H3,(H,20,22,23). The molecule has 3 aromatic rings. The summed E-state index contributed by atoms with van der Waals surface area (Å²) in [7, 11) is 0. The fourth-order valence-corrected chi connectivity index (χ4v) is 3.16. The first-order valence-corrected chi connectivity index (χ1v) is 8.22. The Labute approximate surface area is 146 Å². The number of Topliss-reactive ketones (excluding diaryl/α,β-unsaturated/α-hetero) is 1. The van der Waals surface area contributed by atoms with Gasteiger partial charge in [-0.2, -0.15) is 0 Å². The highest BCUT2D eigenvalue weighted by Gasteiger charge is 2.20. The van der Waals surface area contributed by atoms with Gasteiger partial charge in [-0.1, -0.05) is 12.1 Å². The highest BCUT2D eigenvalue weighted by Crippen LogP contribution is 2.34. The number of aryl methyl sites for hydroxylation is 1. The Balaban J connectivity index is 1.92. The Bertz CT molecular complexity index is 927. The number of rotatable bonds is 5. The molecule has 3 rings (SSSR count). The van der Waals surface area contributed by atoms with E-state index in [1.54, 1.807) is 37.3 Å². The molecule has 0 unspecified atom stereocenters. The maximum atomic E-state index is 13.1. The van der Waals surface area contributed by atoms with Crippen molar-refractivity contribution in [2.75, 3.05) is 5.32 Å². The number of carbonyl (C=O) groups is 1. The van der Waals surface area contributed by atoms with Crippen LogP contribution in [0, 0.1) is 6.92 Å². The zero-order valence-corrected chi connectivity index (χ0v) is 14.3. The maximum absolute atomic E-state index is 13.1. The van der Waals surface area contributed by atoms with E-state index in [9.17, 15) is 13.6 Å². The number of halogens is 2. The molecule has 0 aliphatic rings. The number of nitrogens with zero attached hydrogens (tertiary/aromatic N) is 3. The van der Waals surface area contributed by atoms with Gasteiger partial charge in [0.1, 0.15) is 5.69 Å². The van der Waals surface area contributed by atoms with E-state index in [1.165, 1.54) is 13.1 Å². The SMILES string of the molecule is CC(=O)c1cccc(Nc2nccc(-c3sc(C)nc3C(F)F)n2)c1. The topological polar surface area (TPSA) is 67.8 Å². The summed E-state index contributed by atoms with van der Waals surface area (Å²) in [6.45, 7) is 3.15. The van der Waals surface area contributed by atoms with Crippen LogP contribution in [0.15, 0.2) is 36.5 Å². The van der Waals surface area contributed by atoms with E-state index in [0.29, 0.717) is 26.8 Å². The molecule has 0 spiro atoms. The van der Waals surface area contributed by atoms with E-state index < -0.39 is 6.43 Å². The molecule has 1 aromatic carbocycles. The maximum Gasteiger partial charge on any atom is 0.281 e. The van der Waals surface area contributed by atoms with Gasteiger partial charge in [0, 0.05) is 17.4 Å². The van der Waals surface area contributed by atoms with E-state index in [1.807, 2.05) is 0 Å². The predicted octanol–water partition coefficient (Wildman–Crippen LogP) is 4.79. The molecule has 0 saturated carbocycles. The average Bonchev–Trinajstić information content (AvgIpc) is 2.97. The van der Waals surface area contributed by atoms with Crippen LogP contribution in [-0.2, 0) is 0 Å². The lowest BCUT2D eigenvalue weighted by Crippen LogP contribution is -2.00. The number of alkyl halides is 2. The zero-order valence-electron chi connectivity index (χ0n) is 13.5. The largest absolute Gasteiger partial charge is 0.324 e. The molecule has 0 fully saturated rings. The van der Waals surface area contributed by atoms with E-state index in [0.717, 1.165) is 11.3 Å². The minimum absolute atomic E-state index is 0.0555. The number of nitrogens with one attached hydrogen (secondary N) is 1.